The first-order valence-corrected chi connectivity index (χ1v) is 4.51. The van der Waals surface area contributed by atoms with E-state index in [9.17, 15) is 0 Å². The van der Waals surface area contributed by atoms with Crippen LogP contribution in [0.3, 0.4) is 0 Å². The number of hydrogen-bond donors (Lipinski definition) is 2. The quantitative estimate of drug-likeness (QED) is 0.460. The lowest BCUT2D eigenvalue weighted by Crippen LogP contribution is -2.04. The van der Waals surface area contributed by atoms with Crippen molar-refractivity contribution in [1.29, 1.82) is 0 Å². The van der Waals surface area contributed by atoms with E-state index < -0.39 is 0 Å². The van der Waals surface area contributed by atoms with Crippen molar-refractivity contribution >= 4 is 24.7 Å². The lowest BCUT2D eigenvalue weighted by atomic mass is 10.4. The Balaban J connectivity index is 2.97. The molecule has 0 aromatic heterocycles. The van der Waals surface area contributed by atoms with Crippen molar-refractivity contribution in [1.82, 2.24) is 0 Å². The molecule has 0 aromatic carbocycles. The Morgan fingerprint density at radius 2 is 2.12 bits per heavy atom. The normalized spacial score (nSPS) is 18.5. The molecule has 1 heterocycles. The molecular formula is C5H7IN2. The summed E-state index contributed by atoms with van der Waals surface area (Å²) < 4.78 is 2.97. The molecule has 3 heteroatoms. The first-order chi connectivity index (χ1) is 3.80. The van der Waals surface area contributed by atoms with Crippen LogP contribution in [0.5, 0.6) is 0 Å². The van der Waals surface area contributed by atoms with Crippen molar-refractivity contribution in [2.24, 2.45) is 11.5 Å². The fraction of sp³-hybridized carbons (Fsp3) is 0. The Bertz CT molecular complexity index is 159. The van der Waals surface area contributed by atoms with E-state index in [1.54, 1.807) is 0 Å². The molecule has 2 nitrogen and oxygen atoms in total. The van der Waals surface area contributed by atoms with Crippen molar-refractivity contribution in [3.63, 3.8) is 0 Å². The molecule has 0 aliphatic carbocycles. The van der Waals surface area contributed by atoms with Gasteiger partial charge in [0.15, 0.2) is 0 Å². The predicted molar refractivity (Wildman–Crippen MR) is 44.6 cm³/mol. The average Bonchev–Trinajstić information content (AvgIpc) is 1.77. The highest BCUT2D eigenvalue weighted by atomic mass is 127. The van der Waals surface area contributed by atoms with Crippen LogP contribution in [0.2, 0.25) is 0 Å². The van der Waals surface area contributed by atoms with E-state index in [2.05, 4.69) is 4.01 Å². The maximum absolute atomic E-state index is 5.50. The largest absolute Gasteiger partial charge is 0.397 e. The minimum atomic E-state index is -0.0677. The van der Waals surface area contributed by atoms with Gasteiger partial charge in [-0.05, 0) is 10.1 Å². The highest BCUT2D eigenvalue weighted by Crippen LogP contribution is 2.13. The summed E-state index contributed by atoms with van der Waals surface area (Å²) in [4.78, 5) is 0. The number of halogens is 1. The number of rotatable bonds is 0. The summed E-state index contributed by atoms with van der Waals surface area (Å²) in [6.45, 7) is 0. The molecule has 0 spiro atoms. The third-order valence-electron chi connectivity index (χ3n) is 0.805. The molecule has 0 atom stereocenters. The van der Waals surface area contributed by atoms with Crippen LogP contribution in [0.15, 0.2) is 21.6 Å². The van der Waals surface area contributed by atoms with Gasteiger partial charge in [0.05, 0.1) is 9.40 Å². The van der Waals surface area contributed by atoms with Gasteiger partial charge in [0.1, 0.15) is 0 Å². The van der Waals surface area contributed by atoms with Crippen molar-refractivity contribution in [3.05, 3.63) is 21.6 Å². The molecule has 0 saturated carbocycles. The summed E-state index contributed by atoms with van der Waals surface area (Å²) in [5.74, 6) is 0. The van der Waals surface area contributed by atoms with E-state index in [4.69, 9.17) is 11.5 Å². The first-order valence-electron chi connectivity index (χ1n) is 2.19. The Morgan fingerprint density at radius 3 is 2.50 bits per heavy atom. The van der Waals surface area contributed by atoms with E-state index in [-0.39, 0.29) is 20.7 Å². The zero-order valence-electron chi connectivity index (χ0n) is 4.26. The molecule has 0 unspecified atom stereocenters. The van der Waals surface area contributed by atoms with Gasteiger partial charge in [-0.15, -0.1) is 0 Å². The Morgan fingerprint density at radius 1 is 1.38 bits per heavy atom. The lowest BCUT2D eigenvalue weighted by molar-refractivity contribution is 1.36. The maximum Gasteiger partial charge on any atom is 0.0882 e. The van der Waals surface area contributed by atoms with E-state index in [0.717, 1.165) is 9.40 Å². The molecule has 0 bridgehead atoms. The summed E-state index contributed by atoms with van der Waals surface area (Å²) in [7, 11) is 0. The van der Waals surface area contributed by atoms with Crippen LogP contribution in [0.25, 0.3) is 0 Å². The molecule has 1 aliphatic heterocycles. The average molecular weight is 222 g/mol. The number of allylic oxidation sites excluding steroid dienone is 2. The standard InChI is InChI=1S/C5H7IN2/c7-4-2-1-3-6-5(4)8/h1-3H,7-8H2. The van der Waals surface area contributed by atoms with Crippen LogP contribution in [-0.2, 0) is 0 Å². The third-order valence-corrected chi connectivity index (χ3v) is 2.87. The molecule has 0 saturated heterocycles. The zero-order valence-corrected chi connectivity index (χ0v) is 6.42. The van der Waals surface area contributed by atoms with Gasteiger partial charge in [-0.2, -0.15) is 0 Å². The molecule has 1 rings (SSSR count). The minimum absolute atomic E-state index is 0.0677. The molecule has 1 aliphatic rings. The minimum Gasteiger partial charge on any atom is -0.397 e. The lowest BCUT2D eigenvalue weighted by Gasteiger charge is -1.98. The van der Waals surface area contributed by atoms with Gasteiger partial charge in [0, 0.05) is 0 Å². The Hall–Kier alpha value is -0.320. The Labute approximate surface area is 58.0 Å². The second-order valence-electron chi connectivity index (χ2n) is 1.40. The van der Waals surface area contributed by atoms with Crippen LogP contribution in [0, 0.1) is 0 Å². The summed E-state index contributed by atoms with van der Waals surface area (Å²) in [6, 6.07) is 0. The van der Waals surface area contributed by atoms with Gasteiger partial charge in [0.2, 0.25) is 0 Å². The van der Waals surface area contributed by atoms with Crippen molar-refractivity contribution in [3.8, 4) is 0 Å². The molecule has 8 heavy (non-hydrogen) atoms. The number of hydrogen-bond acceptors (Lipinski definition) is 2. The van der Waals surface area contributed by atoms with Crippen LogP contribution in [-0.4, -0.2) is 4.01 Å². The second-order valence-corrected chi connectivity index (χ2v) is 3.90. The van der Waals surface area contributed by atoms with Crippen LogP contribution >= 0.6 is 20.7 Å². The molecule has 0 amide bonds. The van der Waals surface area contributed by atoms with E-state index in [1.165, 1.54) is 0 Å². The fourth-order valence-electron chi connectivity index (χ4n) is 0.387. The summed E-state index contributed by atoms with van der Waals surface area (Å²) in [6.07, 6.45) is 3.79. The molecule has 44 valence electrons. The second kappa shape index (κ2) is 2.30. The topological polar surface area (TPSA) is 52.0 Å². The summed E-state index contributed by atoms with van der Waals surface area (Å²) in [5, 5.41) is 0. The first kappa shape index (κ1) is 5.81. The fourth-order valence-corrected chi connectivity index (χ4v) is 1.73. The third kappa shape index (κ3) is 1.09. The van der Waals surface area contributed by atoms with Gasteiger partial charge < -0.3 is 11.5 Å². The molecule has 4 N–H and O–H groups in total. The van der Waals surface area contributed by atoms with Gasteiger partial charge in [-0.25, -0.2) is 0 Å². The number of nitrogens with two attached hydrogens (primary N) is 2. The van der Waals surface area contributed by atoms with Crippen LogP contribution in [0.4, 0.5) is 0 Å². The van der Waals surface area contributed by atoms with E-state index in [1.807, 2.05) is 12.2 Å². The van der Waals surface area contributed by atoms with Gasteiger partial charge >= 0.3 is 0 Å². The zero-order chi connectivity index (χ0) is 5.98. The molecular weight excluding hydrogens is 215 g/mol. The Kier molecular flexibility index (Phi) is 1.67. The molecule has 0 radical (unpaired) electrons. The van der Waals surface area contributed by atoms with Crippen molar-refractivity contribution in [2.45, 2.75) is 0 Å². The van der Waals surface area contributed by atoms with Gasteiger partial charge in [0.25, 0.3) is 0 Å². The van der Waals surface area contributed by atoms with Gasteiger partial charge in [-0.1, -0.05) is 26.8 Å². The summed E-state index contributed by atoms with van der Waals surface area (Å²) in [5.41, 5.74) is 11.7. The van der Waals surface area contributed by atoms with Crippen molar-refractivity contribution < 1.29 is 0 Å². The predicted octanol–water partition coefficient (Wildman–Crippen LogP) is 0.416. The molecule has 0 fully saturated rings. The highest BCUT2D eigenvalue weighted by molar-refractivity contribution is 14.2. The van der Waals surface area contributed by atoms with Crippen molar-refractivity contribution in [2.75, 3.05) is 0 Å². The highest BCUT2D eigenvalue weighted by Gasteiger charge is 1.92. The van der Waals surface area contributed by atoms with E-state index in [0.29, 0.717) is 0 Å². The smallest absolute Gasteiger partial charge is 0.0882 e. The van der Waals surface area contributed by atoms with Crippen LogP contribution in [0.1, 0.15) is 0 Å². The van der Waals surface area contributed by atoms with Gasteiger partial charge in [-0.3, -0.25) is 0 Å². The maximum atomic E-state index is 5.50. The van der Waals surface area contributed by atoms with Crippen LogP contribution < -0.4 is 11.5 Å². The SMILES string of the molecule is NC1=C(N)I=CC=C1. The molecule has 0 aromatic rings. The monoisotopic (exact) mass is 222 g/mol. The van der Waals surface area contributed by atoms with E-state index >= 15 is 0 Å². The summed E-state index contributed by atoms with van der Waals surface area (Å²) >= 11 is -0.0677.